The summed E-state index contributed by atoms with van der Waals surface area (Å²) in [4.78, 5) is 9.90. The van der Waals surface area contributed by atoms with Gasteiger partial charge in [0.2, 0.25) is 0 Å². The Morgan fingerprint density at radius 1 is 1.08 bits per heavy atom. The summed E-state index contributed by atoms with van der Waals surface area (Å²) in [5, 5.41) is 6.94. The van der Waals surface area contributed by atoms with Crippen LogP contribution in [-0.4, -0.2) is 75.2 Å². The van der Waals surface area contributed by atoms with E-state index in [0.717, 1.165) is 32.1 Å². The van der Waals surface area contributed by atoms with Crippen molar-refractivity contribution < 1.29 is 0 Å². The highest BCUT2D eigenvalue weighted by molar-refractivity contribution is 5.79. The summed E-state index contributed by atoms with van der Waals surface area (Å²) in [6.45, 7) is 10.7. The van der Waals surface area contributed by atoms with Crippen LogP contribution in [0.1, 0.15) is 31.7 Å². The number of nitrogens with one attached hydrogen (secondary N) is 2. The van der Waals surface area contributed by atoms with Crippen molar-refractivity contribution >= 4 is 5.96 Å². The zero-order valence-corrected chi connectivity index (χ0v) is 16.5. The molecule has 2 N–H and O–H groups in total. The van der Waals surface area contributed by atoms with Crippen molar-refractivity contribution in [3.05, 3.63) is 35.9 Å². The van der Waals surface area contributed by atoms with Gasteiger partial charge in [-0.1, -0.05) is 30.3 Å². The number of hydrogen-bond acceptors (Lipinski definition) is 3. The average Bonchev–Trinajstić information content (AvgIpc) is 3.47. The minimum Gasteiger partial charge on any atom is -0.357 e. The fraction of sp³-hybridized carbons (Fsp3) is 0.667. The Bertz CT molecular complexity index is 567. The zero-order valence-electron chi connectivity index (χ0n) is 16.5. The van der Waals surface area contributed by atoms with Crippen LogP contribution in [0.25, 0.3) is 0 Å². The third kappa shape index (κ3) is 5.45. The summed E-state index contributed by atoms with van der Waals surface area (Å²) >= 11 is 0. The van der Waals surface area contributed by atoms with E-state index in [0.29, 0.717) is 0 Å². The predicted molar refractivity (Wildman–Crippen MR) is 110 cm³/mol. The SMILES string of the molecule is CCNC(=NCC1(c2ccccc2)CC1)NCCN1CCCN(C)CC1. The van der Waals surface area contributed by atoms with Crippen molar-refractivity contribution in [1.82, 2.24) is 20.4 Å². The molecule has 1 aliphatic carbocycles. The number of nitrogens with zero attached hydrogens (tertiary/aromatic N) is 3. The van der Waals surface area contributed by atoms with Gasteiger partial charge in [0, 0.05) is 38.1 Å². The van der Waals surface area contributed by atoms with E-state index in [1.165, 1.54) is 51.0 Å². The highest BCUT2D eigenvalue weighted by Crippen LogP contribution is 2.48. The summed E-state index contributed by atoms with van der Waals surface area (Å²) in [7, 11) is 2.22. The fourth-order valence-electron chi connectivity index (χ4n) is 3.71. The van der Waals surface area contributed by atoms with E-state index in [1.54, 1.807) is 0 Å². The van der Waals surface area contributed by atoms with Crippen molar-refractivity contribution in [3.63, 3.8) is 0 Å². The standard InChI is InChI=1S/C21H35N5/c1-3-22-20(23-12-15-26-14-7-13-25(2)16-17-26)24-18-21(10-11-21)19-8-5-4-6-9-19/h4-6,8-9H,3,7,10-18H2,1-2H3,(H2,22,23,24). The van der Waals surface area contributed by atoms with Gasteiger partial charge in [-0.05, 0) is 51.9 Å². The topological polar surface area (TPSA) is 42.9 Å². The van der Waals surface area contributed by atoms with Gasteiger partial charge in [-0.15, -0.1) is 0 Å². The highest BCUT2D eigenvalue weighted by Gasteiger charge is 2.43. The molecule has 0 bridgehead atoms. The number of hydrogen-bond donors (Lipinski definition) is 2. The summed E-state index contributed by atoms with van der Waals surface area (Å²) < 4.78 is 0. The van der Waals surface area contributed by atoms with Crippen LogP contribution >= 0.6 is 0 Å². The lowest BCUT2D eigenvalue weighted by Crippen LogP contribution is -2.42. The van der Waals surface area contributed by atoms with Crippen LogP contribution in [0.4, 0.5) is 0 Å². The normalized spacial score (nSPS) is 21.2. The zero-order chi connectivity index (χ0) is 18.2. The van der Waals surface area contributed by atoms with Gasteiger partial charge < -0.3 is 20.4 Å². The monoisotopic (exact) mass is 357 g/mol. The molecule has 1 aromatic carbocycles. The second kappa shape index (κ2) is 9.38. The summed E-state index contributed by atoms with van der Waals surface area (Å²) in [5.74, 6) is 0.960. The van der Waals surface area contributed by atoms with E-state index in [4.69, 9.17) is 4.99 Å². The number of guanidine groups is 1. The number of rotatable bonds is 7. The highest BCUT2D eigenvalue weighted by atomic mass is 15.2. The maximum absolute atomic E-state index is 4.90. The van der Waals surface area contributed by atoms with E-state index in [1.807, 2.05) is 0 Å². The van der Waals surface area contributed by atoms with Crippen molar-refractivity contribution in [2.75, 3.05) is 59.4 Å². The minimum atomic E-state index is 0.277. The van der Waals surface area contributed by atoms with Crippen LogP contribution in [0.5, 0.6) is 0 Å². The van der Waals surface area contributed by atoms with Gasteiger partial charge in [0.25, 0.3) is 0 Å². The van der Waals surface area contributed by atoms with E-state index in [9.17, 15) is 0 Å². The Balaban J connectivity index is 1.48. The molecule has 0 radical (unpaired) electrons. The maximum atomic E-state index is 4.90. The lowest BCUT2D eigenvalue weighted by Gasteiger charge is -2.21. The number of aliphatic imine (C=N–C) groups is 1. The molecule has 1 aliphatic heterocycles. The smallest absolute Gasteiger partial charge is 0.191 e. The molecular formula is C21H35N5. The molecule has 5 nitrogen and oxygen atoms in total. The van der Waals surface area contributed by atoms with Gasteiger partial charge in [0.15, 0.2) is 5.96 Å². The Hall–Kier alpha value is -1.59. The minimum absolute atomic E-state index is 0.277. The van der Waals surface area contributed by atoms with Crippen molar-refractivity contribution in [2.24, 2.45) is 4.99 Å². The van der Waals surface area contributed by atoms with Crippen LogP contribution in [0, 0.1) is 0 Å². The first-order chi connectivity index (χ1) is 12.7. The molecule has 0 atom stereocenters. The average molecular weight is 358 g/mol. The number of benzene rings is 1. The lowest BCUT2D eigenvalue weighted by molar-refractivity contribution is 0.280. The molecule has 26 heavy (non-hydrogen) atoms. The Morgan fingerprint density at radius 2 is 1.88 bits per heavy atom. The van der Waals surface area contributed by atoms with Crippen LogP contribution < -0.4 is 10.6 Å². The Morgan fingerprint density at radius 3 is 2.62 bits per heavy atom. The first kappa shape index (κ1) is 19.2. The molecule has 0 amide bonds. The molecule has 2 aliphatic rings. The molecule has 1 aromatic rings. The molecule has 144 valence electrons. The molecular weight excluding hydrogens is 322 g/mol. The predicted octanol–water partition coefficient (Wildman–Crippen LogP) is 1.91. The van der Waals surface area contributed by atoms with Crippen molar-refractivity contribution in [3.8, 4) is 0 Å². The molecule has 1 saturated heterocycles. The van der Waals surface area contributed by atoms with Crippen LogP contribution in [-0.2, 0) is 5.41 Å². The van der Waals surface area contributed by atoms with Crippen molar-refractivity contribution in [2.45, 2.75) is 31.6 Å². The lowest BCUT2D eigenvalue weighted by atomic mass is 9.96. The largest absolute Gasteiger partial charge is 0.357 e. The Kier molecular flexibility index (Phi) is 6.92. The summed E-state index contributed by atoms with van der Waals surface area (Å²) in [6.07, 6.45) is 3.77. The summed E-state index contributed by atoms with van der Waals surface area (Å²) in [6, 6.07) is 10.9. The van der Waals surface area contributed by atoms with Gasteiger partial charge in [-0.25, -0.2) is 0 Å². The van der Waals surface area contributed by atoms with Gasteiger partial charge in [0.05, 0.1) is 6.54 Å². The molecule has 3 rings (SSSR count). The summed E-state index contributed by atoms with van der Waals surface area (Å²) in [5.41, 5.74) is 1.71. The van der Waals surface area contributed by atoms with Gasteiger partial charge in [-0.3, -0.25) is 4.99 Å². The molecule has 0 unspecified atom stereocenters. The second-order valence-corrected chi connectivity index (χ2v) is 7.77. The second-order valence-electron chi connectivity index (χ2n) is 7.77. The van der Waals surface area contributed by atoms with E-state index in [2.05, 4.69) is 64.7 Å². The number of likely N-dealkylation sites (N-methyl/N-ethyl adjacent to an activating group) is 1. The maximum Gasteiger partial charge on any atom is 0.191 e. The van der Waals surface area contributed by atoms with E-state index in [-0.39, 0.29) is 5.41 Å². The molecule has 1 heterocycles. The molecule has 2 fully saturated rings. The van der Waals surface area contributed by atoms with Gasteiger partial charge >= 0.3 is 0 Å². The first-order valence-corrected chi connectivity index (χ1v) is 10.2. The van der Waals surface area contributed by atoms with Crippen LogP contribution in [0.2, 0.25) is 0 Å². The van der Waals surface area contributed by atoms with Gasteiger partial charge in [-0.2, -0.15) is 0 Å². The van der Waals surface area contributed by atoms with E-state index >= 15 is 0 Å². The van der Waals surface area contributed by atoms with Crippen LogP contribution in [0.3, 0.4) is 0 Å². The van der Waals surface area contributed by atoms with Crippen molar-refractivity contribution in [1.29, 1.82) is 0 Å². The third-order valence-corrected chi connectivity index (χ3v) is 5.66. The third-order valence-electron chi connectivity index (χ3n) is 5.66. The molecule has 0 aromatic heterocycles. The first-order valence-electron chi connectivity index (χ1n) is 10.2. The quantitative estimate of drug-likeness (QED) is 0.578. The van der Waals surface area contributed by atoms with Gasteiger partial charge in [0.1, 0.15) is 0 Å². The molecule has 1 saturated carbocycles. The van der Waals surface area contributed by atoms with E-state index < -0.39 is 0 Å². The van der Waals surface area contributed by atoms with Crippen LogP contribution in [0.15, 0.2) is 35.3 Å². The fourth-order valence-corrected chi connectivity index (χ4v) is 3.71. The Labute approximate surface area is 158 Å². The molecule has 5 heteroatoms. The molecule has 0 spiro atoms.